The van der Waals surface area contributed by atoms with E-state index in [-0.39, 0.29) is 6.54 Å². The van der Waals surface area contributed by atoms with Crippen LogP contribution in [0.4, 0.5) is 0 Å². The number of ether oxygens (including phenoxy) is 1. The minimum absolute atomic E-state index is 0.278. The first-order chi connectivity index (χ1) is 13.8. The zero-order valence-electron chi connectivity index (χ0n) is 16.0. The molecule has 0 aliphatic heterocycles. The lowest BCUT2D eigenvalue weighted by Crippen LogP contribution is -2.22. The number of halogens is 2. The molecule has 0 saturated heterocycles. The van der Waals surface area contributed by atoms with Gasteiger partial charge in [0.1, 0.15) is 17.8 Å². The van der Waals surface area contributed by atoms with Crippen molar-refractivity contribution < 1.29 is 19.4 Å². The van der Waals surface area contributed by atoms with Crippen molar-refractivity contribution in [2.75, 3.05) is 6.54 Å². The van der Waals surface area contributed by atoms with Gasteiger partial charge in [-0.05, 0) is 37.1 Å². The van der Waals surface area contributed by atoms with E-state index in [1.165, 1.54) is 32.1 Å². The molecule has 0 aromatic heterocycles. The normalized spacial score (nSPS) is 13.2. The van der Waals surface area contributed by atoms with Crippen molar-refractivity contribution in [3.63, 3.8) is 0 Å². The van der Waals surface area contributed by atoms with Crippen molar-refractivity contribution in [3.8, 4) is 11.5 Å². The van der Waals surface area contributed by atoms with E-state index in [0.29, 0.717) is 33.1 Å². The van der Waals surface area contributed by atoms with Gasteiger partial charge in [0.2, 0.25) is 0 Å². The topological polar surface area (TPSA) is 116 Å². The Hall–Kier alpha value is -2.12. The summed E-state index contributed by atoms with van der Waals surface area (Å²) in [4.78, 5) is 19.9. The van der Waals surface area contributed by atoms with E-state index in [1.54, 1.807) is 42.5 Å². The molecule has 2 aromatic carbocycles. The first kappa shape index (κ1) is 24.9. The highest BCUT2D eigenvalue weighted by molar-refractivity contribution is 6.42. The fourth-order valence-corrected chi connectivity index (χ4v) is 2.75. The molecular formula is C21H26Cl2N2O4. The van der Waals surface area contributed by atoms with Crippen LogP contribution in [0.5, 0.6) is 11.5 Å². The van der Waals surface area contributed by atoms with Crippen molar-refractivity contribution in [3.05, 3.63) is 58.1 Å². The molecule has 2 aromatic rings. The van der Waals surface area contributed by atoms with Crippen molar-refractivity contribution in [1.82, 2.24) is 0 Å². The molecule has 5 N–H and O–H groups in total. The van der Waals surface area contributed by atoms with Crippen LogP contribution in [0.2, 0.25) is 10.0 Å². The standard InChI is InChI=1S/C13H8Cl2O2.C6H13N.C2H5NO2/c14-12-5-4-11(7-13(12)15)17-10-3-1-2-9(6-10)8-16;7-6-4-2-1-3-5-6;3-1-2(4)5/h1-8H;6H,1-5,7H2;1,3H2,(H,4,5). The largest absolute Gasteiger partial charge is 0.480 e. The van der Waals surface area contributed by atoms with Gasteiger partial charge in [-0.3, -0.25) is 9.59 Å². The number of nitrogens with two attached hydrogens (primary N) is 2. The predicted molar refractivity (Wildman–Crippen MR) is 116 cm³/mol. The lowest BCUT2D eigenvalue weighted by molar-refractivity contribution is -0.135. The molecule has 8 heteroatoms. The molecule has 0 amide bonds. The summed E-state index contributed by atoms with van der Waals surface area (Å²) in [5, 5.41) is 8.50. The molecule has 0 atom stereocenters. The molecule has 3 rings (SSSR count). The number of carboxylic acids is 1. The minimum atomic E-state index is -0.968. The van der Waals surface area contributed by atoms with Gasteiger partial charge >= 0.3 is 5.97 Å². The van der Waals surface area contributed by atoms with Crippen LogP contribution < -0.4 is 16.2 Å². The number of aliphatic carboxylic acids is 1. The Morgan fingerprint density at radius 2 is 1.69 bits per heavy atom. The molecule has 1 aliphatic rings. The SMILES string of the molecule is NC1CCCCC1.NCC(=O)O.O=Cc1cccc(Oc2ccc(Cl)c(Cl)c2)c1. The van der Waals surface area contributed by atoms with E-state index in [4.69, 9.17) is 38.8 Å². The van der Waals surface area contributed by atoms with Crippen molar-refractivity contribution in [2.45, 2.75) is 38.1 Å². The molecule has 0 heterocycles. The summed E-state index contributed by atoms with van der Waals surface area (Å²) in [7, 11) is 0. The van der Waals surface area contributed by atoms with Crippen LogP contribution >= 0.6 is 23.2 Å². The second-order valence-electron chi connectivity index (χ2n) is 6.36. The van der Waals surface area contributed by atoms with E-state index in [9.17, 15) is 9.59 Å². The van der Waals surface area contributed by atoms with Gasteiger partial charge in [-0.2, -0.15) is 0 Å². The number of carbonyl (C=O) groups excluding carboxylic acids is 1. The molecule has 0 radical (unpaired) electrons. The van der Waals surface area contributed by atoms with Gasteiger partial charge in [-0.15, -0.1) is 0 Å². The van der Waals surface area contributed by atoms with E-state index in [2.05, 4.69) is 5.73 Å². The third-order valence-corrected chi connectivity index (χ3v) is 4.68. The number of benzene rings is 2. The van der Waals surface area contributed by atoms with E-state index in [0.717, 1.165) is 6.29 Å². The van der Waals surface area contributed by atoms with Crippen LogP contribution in [0.25, 0.3) is 0 Å². The van der Waals surface area contributed by atoms with E-state index < -0.39 is 5.97 Å². The molecule has 6 nitrogen and oxygen atoms in total. The zero-order chi connectivity index (χ0) is 21.6. The fourth-order valence-electron chi connectivity index (χ4n) is 2.46. The Labute approximate surface area is 180 Å². The molecule has 1 fully saturated rings. The highest BCUT2D eigenvalue weighted by atomic mass is 35.5. The zero-order valence-corrected chi connectivity index (χ0v) is 17.5. The molecule has 1 aliphatic carbocycles. The minimum Gasteiger partial charge on any atom is -0.480 e. The average molecular weight is 441 g/mol. The molecular weight excluding hydrogens is 415 g/mol. The Kier molecular flexibility index (Phi) is 12.0. The van der Waals surface area contributed by atoms with Crippen LogP contribution in [0.3, 0.4) is 0 Å². The maximum Gasteiger partial charge on any atom is 0.317 e. The number of carbonyl (C=O) groups is 2. The second-order valence-corrected chi connectivity index (χ2v) is 7.18. The van der Waals surface area contributed by atoms with Crippen molar-refractivity contribution >= 4 is 35.5 Å². The quantitative estimate of drug-likeness (QED) is 0.581. The van der Waals surface area contributed by atoms with E-state index in [1.807, 2.05) is 0 Å². The lowest BCUT2D eigenvalue weighted by Gasteiger charge is -2.15. The van der Waals surface area contributed by atoms with Crippen molar-refractivity contribution in [2.24, 2.45) is 11.5 Å². The molecule has 0 unspecified atom stereocenters. The molecule has 158 valence electrons. The Bertz CT molecular complexity index is 781. The number of aldehydes is 1. The first-order valence-electron chi connectivity index (χ1n) is 9.21. The number of rotatable bonds is 4. The fraction of sp³-hybridized carbons (Fsp3) is 0.333. The van der Waals surface area contributed by atoms with E-state index >= 15 is 0 Å². The van der Waals surface area contributed by atoms with Gasteiger partial charge in [0.25, 0.3) is 0 Å². The van der Waals surface area contributed by atoms with Crippen molar-refractivity contribution in [1.29, 1.82) is 0 Å². The molecule has 0 bridgehead atoms. The van der Waals surface area contributed by atoms with Crippen LogP contribution in [0, 0.1) is 0 Å². The predicted octanol–water partition coefficient (Wildman–Crippen LogP) is 4.91. The Balaban J connectivity index is 0.000000288. The van der Waals surface area contributed by atoms with Crippen LogP contribution in [0.15, 0.2) is 42.5 Å². The monoisotopic (exact) mass is 440 g/mol. The van der Waals surface area contributed by atoms with Gasteiger partial charge in [0.05, 0.1) is 16.6 Å². The summed E-state index contributed by atoms with van der Waals surface area (Å²) in [6.45, 7) is -0.278. The average Bonchev–Trinajstić information content (AvgIpc) is 2.72. The first-order valence-corrected chi connectivity index (χ1v) is 9.97. The Morgan fingerprint density at radius 3 is 2.17 bits per heavy atom. The number of hydrogen-bond donors (Lipinski definition) is 3. The Morgan fingerprint density at radius 1 is 1.07 bits per heavy atom. The summed E-state index contributed by atoms with van der Waals surface area (Å²) in [5.41, 5.74) is 10.8. The van der Waals surface area contributed by atoms with Crippen LogP contribution in [0.1, 0.15) is 42.5 Å². The number of carboxylic acid groups (broad SMARTS) is 1. The summed E-state index contributed by atoms with van der Waals surface area (Å²) < 4.78 is 5.55. The second kappa shape index (κ2) is 14.0. The molecule has 29 heavy (non-hydrogen) atoms. The highest BCUT2D eigenvalue weighted by Gasteiger charge is 2.06. The smallest absolute Gasteiger partial charge is 0.317 e. The lowest BCUT2D eigenvalue weighted by atomic mass is 9.97. The maximum atomic E-state index is 10.6. The summed E-state index contributed by atoms with van der Waals surface area (Å²) in [6.07, 6.45) is 7.43. The van der Waals surface area contributed by atoms with Gasteiger partial charge in [-0.25, -0.2) is 0 Å². The highest BCUT2D eigenvalue weighted by Crippen LogP contribution is 2.29. The van der Waals surface area contributed by atoms with Gasteiger partial charge < -0.3 is 21.3 Å². The summed E-state index contributed by atoms with van der Waals surface area (Å²) in [5.74, 6) is 0.181. The van der Waals surface area contributed by atoms with Crippen LogP contribution in [-0.2, 0) is 4.79 Å². The maximum absolute atomic E-state index is 10.6. The van der Waals surface area contributed by atoms with Gasteiger partial charge in [0.15, 0.2) is 0 Å². The summed E-state index contributed by atoms with van der Waals surface area (Å²) >= 11 is 11.7. The molecule has 0 spiro atoms. The summed E-state index contributed by atoms with van der Waals surface area (Å²) in [6, 6.07) is 12.4. The third kappa shape index (κ3) is 10.9. The van der Waals surface area contributed by atoms with Crippen LogP contribution in [-0.4, -0.2) is 29.9 Å². The van der Waals surface area contributed by atoms with Gasteiger partial charge in [-0.1, -0.05) is 54.6 Å². The van der Waals surface area contributed by atoms with Gasteiger partial charge in [0, 0.05) is 17.7 Å². The molecule has 1 saturated carbocycles. The third-order valence-electron chi connectivity index (χ3n) is 3.95. The number of hydrogen-bond acceptors (Lipinski definition) is 5.